The zero-order chi connectivity index (χ0) is 14.8. The fourth-order valence-corrected chi connectivity index (χ4v) is 2.40. The molecule has 0 amide bonds. The van der Waals surface area contributed by atoms with Gasteiger partial charge < -0.3 is 5.73 Å². The molecular weight excluding hydrogens is 285 g/mol. The summed E-state index contributed by atoms with van der Waals surface area (Å²) in [6, 6.07) is 11.8. The number of rotatable bonds is 2. The second-order valence-corrected chi connectivity index (χ2v) is 5.13. The van der Waals surface area contributed by atoms with Crippen LogP contribution >= 0.6 is 11.8 Å². The monoisotopic (exact) mass is 294 g/mol. The van der Waals surface area contributed by atoms with Gasteiger partial charge in [0.15, 0.2) is 0 Å². The van der Waals surface area contributed by atoms with E-state index in [0.717, 1.165) is 17.0 Å². The number of nitrogens with two attached hydrogens (primary N) is 1. The Balaban J connectivity index is 2.21. The molecule has 0 saturated carbocycles. The van der Waals surface area contributed by atoms with Crippen LogP contribution in [0.15, 0.2) is 52.3 Å². The van der Waals surface area contributed by atoms with Crippen molar-refractivity contribution in [2.45, 2.75) is 16.0 Å². The first kappa shape index (κ1) is 14.3. The van der Waals surface area contributed by atoms with Crippen LogP contribution in [0.3, 0.4) is 0 Å². The summed E-state index contributed by atoms with van der Waals surface area (Å²) in [4.78, 5) is 1.40. The zero-order valence-corrected chi connectivity index (χ0v) is 10.9. The van der Waals surface area contributed by atoms with Gasteiger partial charge in [-0.25, -0.2) is 0 Å². The van der Waals surface area contributed by atoms with Gasteiger partial charge in [0.25, 0.3) is 0 Å². The van der Waals surface area contributed by atoms with Crippen molar-refractivity contribution >= 4 is 17.4 Å². The van der Waals surface area contributed by atoms with Crippen molar-refractivity contribution < 1.29 is 13.2 Å². The van der Waals surface area contributed by atoms with Crippen molar-refractivity contribution in [2.75, 3.05) is 5.73 Å². The molecule has 102 valence electrons. The minimum Gasteiger partial charge on any atom is -0.398 e. The first-order valence-corrected chi connectivity index (χ1v) is 6.36. The highest BCUT2D eigenvalue weighted by Gasteiger charge is 2.29. The number of nitriles is 1. The summed E-state index contributed by atoms with van der Waals surface area (Å²) in [6.45, 7) is 0. The van der Waals surface area contributed by atoms with E-state index in [2.05, 4.69) is 0 Å². The summed E-state index contributed by atoms with van der Waals surface area (Å²) in [7, 11) is 0. The molecule has 0 aliphatic carbocycles. The van der Waals surface area contributed by atoms with Crippen LogP contribution in [0.4, 0.5) is 18.9 Å². The van der Waals surface area contributed by atoms with E-state index >= 15 is 0 Å². The molecule has 0 atom stereocenters. The highest BCUT2D eigenvalue weighted by Crippen LogP contribution is 2.33. The van der Waals surface area contributed by atoms with Gasteiger partial charge in [-0.05, 0) is 42.5 Å². The molecule has 0 aromatic heterocycles. The van der Waals surface area contributed by atoms with Crippen LogP contribution < -0.4 is 5.73 Å². The Morgan fingerprint density at radius 1 is 1.00 bits per heavy atom. The van der Waals surface area contributed by atoms with Gasteiger partial charge in [0, 0.05) is 15.5 Å². The highest BCUT2D eigenvalue weighted by molar-refractivity contribution is 7.99. The van der Waals surface area contributed by atoms with Gasteiger partial charge in [-0.2, -0.15) is 18.4 Å². The van der Waals surface area contributed by atoms with Gasteiger partial charge in [-0.3, -0.25) is 0 Å². The SMILES string of the molecule is N#Cc1cc(Sc2ccc(C(F)(F)F)cc2)ccc1N. The molecule has 2 aromatic carbocycles. The summed E-state index contributed by atoms with van der Waals surface area (Å²) in [6.07, 6.45) is -4.33. The molecule has 2 N–H and O–H groups in total. The zero-order valence-electron chi connectivity index (χ0n) is 10.1. The molecule has 0 radical (unpaired) electrons. The number of anilines is 1. The molecule has 0 aliphatic heterocycles. The maximum Gasteiger partial charge on any atom is 0.416 e. The molecule has 0 unspecified atom stereocenters. The van der Waals surface area contributed by atoms with Crippen LogP contribution in [0.5, 0.6) is 0 Å². The molecular formula is C14H9F3N2S. The van der Waals surface area contributed by atoms with Crippen molar-refractivity contribution in [3.05, 3.63) is 53.6 Å². The number of nitrogens with zero attached hydrogens (tertiary/aromatic N) is 1. The lowest BCUT2D eigenvalue weighted by molar-refractivity contribution is -0.137. The molecule has 0 aliphatic rings. The first-order chi connectivity index (χ1) is 9.40. The number of alkyl halides is 3. The lowest BCUT2D eigenvalue weighted by Crippen LogP contribution is -2.03. The normalized spacial score (nSPS) is 11.1. The number of hydrogen-bond donors (Lipinski definition) is 1. The Morgan fingerprint density at radius 3 is 2.15 bits per heavy atom. The lowest BCUT2D eigenvalue weighted by Gasteiger charge is -2.08. The molecule has 6 heteroatoms. The van der Waals surface area contributed by atoms with Crippen LogP contribution in [0.2, 0.25) is 0 Å². The van der Waals surface area contributed by atoms with Gasteiger partial charge in [-0.15, -0.1) is 0 Å². The van der Waals surface area contributed by atoms with Gasteiger partial charge in [0.1, 0.15) is 6.07 Å². The summed E-state index contributed by atoms with van der Waals surface area (Å²) in [5.41, 5.74) is 5.65. The van der Waals surface area contributed by atoms with Crippen molar-refractivity contribution in [3.63, 3.8) is 0 Å². The fourth-order valence-electron chi connectivity index (χ4n) is 1.54. The summed E-state index contributed by atoms with van der Waals surface area (Å²) in [5.74, 6) is 0. The third-order valence-electron chi connectivity index (χ3n) is 2.56. The Kier molecular flexibility index (Phi) is 3.91. The molecule has 2 nitrogen and oxygen atoms in total. The van der Waals surface area contributed by atoms with Gasteiger partial charge >= 0.3 is 6.18 Å². The second kappa shape index (κ2) is 5.47. The Bertz CT molecular complexity index is 658. The van der Waals surface area contributed by atoms with Crippen molar-refractivity contribution in [2.24, 2.45) is 0 Å². The molecule has 0 bridgehead atoms. The Hall–Kier alpha value is -2.13. The number of hydrogen-bond acceptors (Lipinski definition) is 3. The highest BCUT2D eigenvalue weighted by atomic mass is 32.2. The maximum absolute atomic E-state index is 12.4. The third kappa shape index (κ3) is 3.25. The van der Waals surface area contributed by atoms with Crippen molar-refractivity contribution in [3.8, 4) is 6.07 Å². The predicted octanol–water partition coefficient (Wildman–Crippen LogP) is 4.31. The Morgan fingerprint density at radius 2 is 1.60 bits per heavy atom. The minimum atomic E-state index is -4.33. The quantitative estimate of drug-likeness (QED) is 0.840. The topological polar surface area (TPSA) is 49.8 Å². The van der Waals surface area contributed by atoms with E-state index in [1.165, 1.54) is 23.9 Å². The minimum absolute atomic E-state index is 0.349. The van der Waals surface area contributed by atoms with Crippen LogP contribution in [0, 0.1) is 11.3 Å². The third-order valence-corrected chi connectivity index (χ3v) is 3.56. The average Bonchev–Trinajstić information content (AvgIpc) is 2.40. The Labute approximate surface area is 118 Å². The van der Waals surface area contributed by atoms with Gasteiger partial charge in [0.2, 0.25) is 0 Å². The van der Waals surface area contributed by atoms with Crippen LogP contribution in [0.1, 0.15) is 11.1 Å². The fraction of sp³-hybridized carbons (Fsp3) is 0.0714. The molecule has 0 heterocycles. The van der Waals surface area contributed by atoms with Crippen molar-refractivity contribution in [1.29, 1.82) is 5.26 Å². The molecule has 0 spiro atoms. The summed E-state index contributed by atoms with van der Waals surface area (Å²) >= 11 is 1.27. The van der Waals surface area contributed by atoms with E-state index in [0.29, 0.717) is 16.1 Å². The van der Waals surface area contributed by atoms with Gasteiger partial charge in [0.05, 0.1) is 11.1 Å². The van der Waals surface area contributed by atoms with Crippen LogP contribution in [-0.4, -0.2) is 0 Å². The van der Waals surface area contributed by atoms with Crippen LogP contribution in [0.25, 0.3) is 0 Å². The molecule has 2 rings (SSSR count). The van der Waals surface area contributed by atoms with Crippen molar-refractivity contribution in [1.82, 2.24) is 0 Å². The summed E-state index contributed by atoms with van der Waals surface area (Å²) < 4.78 is 37.3. The van der Waals surface area contributed by atoms with E-state index in [-0.39, 0.29) is 0 Å². The smallest absolute Gasteiger partial charge is 0.398 e. The van der Waals surface area contributed by atoms with E-state index in [4.69, 9.17) is 11.0 Å². The van der Waals surface area contributed by atoms with E-state index in [1.54, 1.807) is 18.2 Å². The van der Waals surface area contributed by atoms with E-state index < -0.39 is 11.7 Å². The molecule has 2 aromatic rings. The standard InChI is InChI=1S/C14H9F3N2S/c15-14(16,17)10-1-3-11(4-2-10)20-12-5-6-13(19)9(7-12)8-18/h1-7H,19H2. The van der Waals surface area contributed by atoms with E-state index in [9.17, 15) is 13.2 Å². The van der Waals surface area contributed by atoms with E-state index in [1.807, 2.05) is 6.07 Å². The van der Waals surface area contributed by atoms with Gasteiger partial charge in [-0.1, -0.05) is 11.8 Å². The number of halogens is 3. The largest absolute Gasteiger partial charge is 0.416 e. The number of benzene rings is 2. The molecule has 0 saturated heterocycles. The average molecular weight is 294 g/mol. The lowest BCUT2D eigenvalue weighted by atomic mass is 10.2. The maximum atomic E-state index is 12.4. The second-order valence-electron chi connectivity index (χ2n) is 3.99. The predicted molar refractivity (Wildman–Crippen MR) is 71.1 cm³/mol. The summed E-state index contributed by atoms with van der Waals surface area (Å²) in [5, 5.41) is 8.87. The molecule has 20 heavy (non-hydrogen) atoms. The molecule has 0 fully saturated rings. The number of nitrogen functional groups attached to an aromatic ring is 1. The van der Waals surface area contributed by atoms with Crippen LogP contribution in [-0.2, 0) is 6.18 Å². The first-order valence-electron chi connectivity index (χ1n) is 5.55.